The number of thiophene rings is 1. The lowest BCUT2D eigenvalue weighted by atomic mass is 10.2. The Morgan fingerprint density at radius 2 is 2.14 bits per heavy atom. The van der Waals surface area contributed by atoms with Crippen LogP contribution < -0.4 is 5.32 Å². The number of amides is 2. The lowest BCUT2D eigenvalue weighted by Crippen LogP contribution is -2.47. The molecule has 0 spiro atoms. The van der Waals surface area contributed by atoms with Crippen LogP contribution in [0.2, 0.25) is 0 Å². The smallest absolute Gasteiger partial charge is 0.274 e. The molecule has 2 saturated heterocycles. The van der Waals surface area contributed by atoms with Gasteiger partial charge in [0.1, 0.15) is 6.54 Å². The fraction of sp³-hybridized carbons (Fsp3) is 0.550. The zero-order valence-electron chi connectivity index (χ0n) is 16.7. The normalized spacial score (nSPS) is 20.2. The van der Waals surface area contributed by atoms with Gasteiger partial charge >= 0.3 is 0 Å². The molecule has 2 aliphatic heterocycles. The van der Waals surface area contributed by atoms with Crippen molar-refractivity contribution in [1.29, 1.82) is 0 Å². The first kappa shape index (κ1) is 20.1. The van der Waals surface area contributed by atoms with Crippen molar-refractivity contribution in [3.63, 3.8) is 0 Å². The summed E-state index contributed by atoms with van der Waals surface area (Å²) in [6, 6.07) is 5.74. The molecule has 2 aliphatic rings. The van der Waals surface area contributed by atoms with Gasteiger partial charge in [0.05, 0.1) is 16.7 Å². The van der Waals surface area contributed by atoms with Gasteiger partial charge in [0.25, 0.3) is 5.91 Å². The van der Waals surface area contributed by atoms with Gasteiger partial charge in [0, 0.05) is 39.3 Å². The van der Waals surface area contributed by atoms with Crippen LogP contribution in [0.3, 0.4) is 0 Å². The molecule has 2 aromatic rings. The molecule has 0 bridgehead atoms. The van der Waals surface area contributed by atoms with E-state index in [-0.39, 0.29) is 24.5 Å². The highest BCUT2D eigenvalue weighted by Crippen LogP contribution is 2.26. The number of carbonyl (C=O) groups is 2. The van der Waals surface area contributed by atoms with Crippen molar-refractivity contribution in [3.8, 4) is 10.6 Å². The minimum atomic E-state index is -0.125. The number of carbonyl (C=O) groups excluding carboxylic acids is 2. The molecular formula is C20H27N5O3S. The molecule has 9 heteroatoms. The highest BCUT2D eigenvalue weighted by atomic mass is 32.1. The Hall–Kier alpha value is -2.23. The van der Waals surface area contributed by atoms with E-state index in [9.17, 15) is 9.59 Å². The van der Waals surface area contributed by atoms with E-state index in [0.29, 0.717) is 25.3 Å². The van der Waals surface area contributed by atoms with Crippen molar-refractivity contribution in [3.05, 3.63) is 29.3 Å². The molecule has 8 nitrogen and oxygen atoms in total. The summed E-state index contributed by atoms with van der Waals surface area (Å²) in [6.45, 7) is 4.46. The van der Waals surface area contributed by atoms with Gasteiger partial charge in [-0.1, -0.05) is 6.07 Å². The Morgan fingerprint density at radius 1 is 1.31 bits per heavy atom. The summed E-state index contributed by atoms with van der Waals surface area (Å²) in [4.78, 5) is 30.5. The van der Waals surface area contributed by atoms with Crippen LogP contribution in [0.1, 0.15) is 23.3 Å². The summed E-state index contributed by atoms with van der Waals surface area (Å²) in [6.07, 6.45) is 2.12. The highest BCUT2D eigenvalue weighted by Gasteiger charge is 2.25. The van der Waals surface area contributed by atoms with Gasteiger partial charge < -0.3 is 19.9 Å². The summed E-state index contributed by atoms with van der Waals surface area (Å²) >= 11 is 1.57. The quantitative estimate of drug-likeness (QED) is 0.766. The lowest BCUT2D eigenvalue weighted by Gasteiger charge is -2.31. The van der Waals surface area contributed by atoms with Crippen LogP contribution in [0.5, 0.6) is 0 Å². The second kappa shape index (κ2) is 9.06. The number of rotatable bonds is 6. The molecule has 1 unspecified atom stereocenters. The van der Waals surface area contributed by atoms with Gasteiger partial charge in [0.15, 0.2) is 5.69 Å². The largest absolute Gasteiger partial charge is 0.376 e. The van der Waals surface area contributed by atoms with E-state index in [1.54, 1.807) is 22.1 Å². The first-order valence-corrected chi connectivity index (χ1v) is 11.0. The number of likely N-dealkylation sites (N-methyl/N-ethyl adjacent to an activating group) is 1. The van der Waals surface area contributed by atoms with Crippen molar-refractivity contribution < 1.29 is 14.3 Å². The zero-order chi connectivity index (χ0) is 20.2. The first-order valence-electron chi connectivity index (χ1n) is 10.1. The molecule has 156 valence electrons. The SMILES string of the molecule is CN1CCN(C(=O)c2cc(-c3cccs3)n(CC(=O)NCC3CCCO3)n2)CC1. The summed E-state index contributed by atoms with van der Waals surface area (Å²) in [5.41, 5.74) is 1.19. The van der Waals surface area contributed by atoms with Crippen LogP contribution in [0.25, 0.3) is 10.6 Å². The first-order chi connectivity index (χ1) is 14.1. The zero-order valence-corrected chi connectivity index (χ0v) is 17.5. The monoisotopic (exact) mass is 417 g/mol. The third-order valence-electron chi connectivity index (χ3n) is 5.41. The highest BCUT2D eigenvalue weighted by molar-refractivity contribution is 7.13. The van der Waals surface area contributed by atoms with E-state index >= 15 is 0 Å². The lowest BCUT2D eigenvalue weighted by molar-refractivity contribution is -0.122. The number of piperazine rings is 1. The fourth-order valence-electron chi connectivity index (χ4n) is 3.66. The van der Waals surface area contributed by atoms with Crippen molar-refractivity contribution in [2.75, 3.05) is 46.4 Å². The Labute approximate surface area is 174 Å². The summed E-state index contributed by atoms with van der Waals surface area (Å²) in [5, 5.41) is 9.41. The van der Waals surface area contributed by atoms with E-state index < -0.39 is 0 Å². The Kier molecular flexibility index (Phi) is 6.27. The second-order valence-corrected chi connectivity index (χ2v) is 8.53. The van der Waals surface area contributed by atoms with Gasteiger partial charge in [-0.3, -0.25) is 14.3 Å². The average Bonchev–Trinajstić information content (AvgIpc) is 3.47. The molecule has 0 aromatic carbocycles. The van der Waals surface area contributed by atoms with Gasteiger partial charge in [-0.2, -0.15) is 5.10 Å². The van der Waals surface area contributed by atoms with E-state index in [1.165, 1.54) is 0 Å². The predicted octanol–water partition coefficient (Wildman–Crippen LogP) is 1.29. The van der Waals surface area contributed by atoms with Crippen molar-refractivity contribution in [2.24, 2.45) is 0 Å². The van der Waals surface area contributed by atoms with Gasteiger partial charge in [0.2, 0.25) is 5.91 Å². The molecule has 4 rings (SSSR count). The van der Waals surface area contributed by atoms with Gasteiger partial charge in [-0.15, -0.1) is 11.3 Å². The predicted molar refractivity (Wildman–Crippen MR) is 111 cm³/mol. The standard InChI is InChI=1S/C20H27N5O3S/c1-23-6-8-24(9-7-23)20(27)16-12-17(18-5-3-11-29-18)25(22-16)14-19(26)21-13-15-4-2-10-28-15/h3,5,11-12,15H,2,4,6-10,13-14H2,1H3,(H,21,26). The molecule has 0 aliphatic carbocycles. The molecule has 1 N–H and O–H groups in total. The Morgan fingerprint density at radius 3 is 2.83 bits per heavy atom. The second-order valence-electron chi connectivity index (χ2n) is 7.58. The topological polar surface area (TPSA) is 79.7 Å². The van der Waals surface area contributed by atoms with Crippen LogP contribution in [-0.4, -0.2) is 83.9 Å². The number of hydrogen-bond acceptors (Lipinski definition) is 6. The maximum atomic E-state index is 12.9. The Bertz CT molecular complexity index is 836. The minimum Gasteiger partial charge on any atom is -0.376 e. The van der Waals surface area contributed by atoms with Crippen LogP contribution >= 0.6 is 11.3 Å². The van der Waals surface area contributed by atoms with Crippen molar-refractivity contribution in [1.82, 2.24) is 24.9 Å². The molecule has 29 heavy (non-hydrogen) atoms. The van der Waals surface area contributed by atoms with E-state index in [4.69, 9.17) is 4.74 Å². The third kappa shape index (κ3) is 4.85. The maximum Gasteiger partial charge on any atom is 0.274 e. The molecule has 1 atom stereocenters. The number of aromatic nitrogens is 2. The minimum absolute atomic E-state index is 0.0746. The third-order valence-corrected chi connectivity index (χ3v) is 6.30. The molecule has 2 aromatic heterocycles. The van der Waals surface area contributed by atoms with Crippen LogP contribution in [-0.2, 0) is 16.1 Å². The number of hydrogen-bond donors (Lipinski definition) is 1. The molecule has 0 radical (unpaired) electrons. The molecule has 0 saturated carbocycles. The van der Waals surface area contributed by atoms with Crippen LogP contribution in [0.15, 0.2) is 23.6 Å². The van der Waals surface area contributed by atoms with E-state index in [0.717, 1.165) is 43.1 Å². The van der Waals surface area contributed by atoms with Crippen molar-refractivity contribution >= 4 is 23.2 Å². The molecule has 2 amide bonds. The summed E-state index contributed by atoms with van der Waals surface area (Å²) in [7, 11) is 2.06. The number of nitrogens with one attached hydrogen (secondary N) is 1. The van der Waals surface area contributed by atoms with Crippen LogP contribution in [0, 0.1) is 0 Å². The van der Waals surface area contributed by atoms with Crippen molar-refractivity contribution in [2.45, 2.75) is 25.5 Å². The summed E-state index contributed by atoms with van der Waals surface area (Å²) in [5.74, 6) is -0.200. The molecule has 2 fully saturated rings. The maximum absolute atomic E-state index is 12.9. The van der Waals surface area contributed by atoms with Gasteiger partial charge in [-0.25, -0.2) is 0 Å². The van der Waals surface area contributed by atoms with E-state index in [1.807, 2.05) is 22.4 Å². The number of ether oxygens (including phenoxy) is 1. The molecule has 4 heterocycles. The molecular weight excluding hydrogens is 390 g/mol. The average molecular weight is 418 g/mol. The summed E-state index contributed by atoms with van der Waals surface area (Å²) < 4.78 is 7.20. The van der Waals surface area contributed by atoms with Gasteiger partial charge in [-0.05, 0) is 37.4 Å². The number of nitrogens with zero attached hydrogens (tertiary/aromatic N) is 4. The Balaban J connectivity index is 1.47. The van der Waals surface area contributed by atoms with E-state index in [2.05, 4.69) is 22.4 Å². The fourth-order valence-corrected chi connectivity index (χ4v) is 4.41. The van der Waals surface area contributed by atoms with Crippen LogP contribution in [0.4, 0.5) is 0 Å².